The van der Waals surface area contributed by atoms with E-state index in [0.717, 1.165) is 4.90 Å². The third-order valence-corrected chi connectivity index (χ3v) is 5.04. The fourth-order valence-corrected chi connectivity index (χ4v) is 3.33. The molecule has 2 aromatic rings. The number of hydrogen-bond acceptors (Lipinski definition) is 4. The van der Waals surface area contributed by atoms with Crippen molar-refractivity contribution in [2.75, 3.05) is 17.7 Å². The molecule has 0 aromatic heterocycles. The smallest absolute Gasteiger partial charge is 0.262 e. The van der Waals surface area contributed by atoms with Gasteiger partial charge in [0.15, 0.2) is 12.4 Å². The highest BCUT2D eigenvalue weighted by Crippen LogP contribution is 2.30. The van der Waals surface area contributed by atoms with Crippen molar-refractivity contribution in [1.82, 2.24) is 0 Å². The molecule has 130 valence electrons. The lowest BCUT2D eigenvalue weighted by molar-refractivity contribution is -0.118. The van der Waals surface area contributed by atoms with Crippen molar-refractivity contribution in [2.24, 2.45) is 0 Å². The second-order valence-electron chi connectivity index (χ2n) is 7.03. The van der Waals surface area contributed by atoms with Gasteiger partial charge in [-0.2, -0.15) is 0 Å². The molecule has 2 aromatic carbocycles. The number of ether oxygens (including phenoxy) is 1. The number of fused-ring (bicyclic) bond motifs is 1. The number of amides is 1. The Hall–Kier alpha value is -2.27. The van der Waals surface area contributed by atoms with E-state index in [4.69, 9.17) is 4.74 Å². The summed E-state index contributed by atoms with van der Waals surface area (Å²) in [5.74, 6) is 0.766. The molecular weight excluding hydrogens is 334 g/mol. The zero-order chi connectivity index (χ0) is 18.0. The van der Waals surface area contributed by atoms with Crippen LogP contribution >= 0.6 is 11.8 Å². The van der Waals surface area contributed by atoms with Crippen molar-refractivity contribution in [3.63, 3.8) is 0 Å². The molecule has 1 heterocycles. The molecule has 0 aliphatic carbocycles. The van der Waals surface area contributed by atoms with Crippen LogP contribution in [0.4, 0.5) is 5.69 Å². The van der Waals surface area contributed by atoms with Crippen molar-refractivity contribution >= 4 is 29.1 Å². The summed E-state index contributed by atoms with van der Waals surface area (Å²) in [5.41, 5.74) is 2.52. The first kappa shape index (κ1) is 17.5. The maximum absolute atomic E-state index is 12.4. The number of carbonyl (C=O) groups excluding carboxylic acids is 2. The second kappa shape index (κ2) is 6.92. The number of benzene rings is 2. The van der Waals surface area contributed by atoms with Crippen LogP contribution in [0.2, 0.25) is 0 Å². The average molecular weight is 355 g/mol. The third kappa shape index (κ3) is 4.23. The van der Waals surface area contributed by atoms with E-state index in [0.29, 0.717) is 22.8 Å². The fourth-order valence-electron chi connectivity index (χ4n) is 2.54. The van der Waals surface area contributed by atoms with Gasteiger partial charge in [0.25, 0.3) is 5.91 Å². The second-order valence-corrected chi connectivity index (χ2v) is 8.08. The molecule has 3 rings (SSSR count). The third-order valence-electron chi connectivity index (χ3n) is 4.02. The molecule has 0 spiro atoms. The van der Waals surface area contributed by atoms with Crippen molar-refractivity contribution in [1.29, 1.82) is 0 Å². The lowest BCUT2D eigenvalue weighted by atomic mass is 9.87. The Kier molecular flexibility index (Phi) is 4.86. The molecule has 0 fully saturated rings. The summed E-state index contributed by atoms with van der Waals surface area (Å²) in [7, 11) is 0. The molecule has 0 bridgehead atoms. The van der Waals surface area contributed by atoms with Crippen molar-refractivity contribution < 1.29 is 14.3 Å². The highest BCUT2D eigenvalue weighted by atomic mass is 32.2. The van der Waals surface area contributed by atoms with E-state index in [-0.39, 0.29) is 23.7 Å². The number of rotatable bonds is 4. The van der Waals surface area contributed by atoms with E-state index >= 15 is 0 Å². The van der Waals surface area contributed by atoms with Gasteiger partial charge in [0.2, 0.25) is 0 Å². The van der Waals surface area contributed by atoms with Crippen LogP contribution < -0.4 is 10.1 Å². The summed E-state index contributed by atoms with van der Waals surface area (Å²) >= 11 is 1.51. The zero-order valence-corrected chi connectivity index (χ0v) is 15.4. The van der Waals surface area contributed by atoms with Crippen molar-refractivity contribution in [3.8, 4) is 5.75 Å². The minimum absolute atomic E-state index is 0.0146. The van der Waals surface area contributed by atoms with Crippen molar-refractivity contribution in [3.05, 3.63) is 53.6 Å². The van der Waals surface area contributed by atoms with Gasteiger partial charge < -0.3 is 10.1 Å². The van der Waals surface area contributed by atoms with Crippen LogP contribution in [0.1, 0.15) is 36.7 Å². The van der Waals surface area contributed by atoms with Crippen LogP contribution in [0.25, 0.3) is 0 Å². The van der Waals surface area contributed by atoms with E-state index in [2.05, 4.69) is 50.4 Å². The Morgan fingerprint density at radius 1 is 1.16 bits per heavy atom. The summed E-state index contributed by atoms with van der Waals surface area (Å²) in [5, 5.41) is 2.73. The van der Waals surface area contributed by atoms with Crippen LogP contribution in [0.3, 0.4) is 0 Å². The van der Waals surface area contributed by atoms with Gasteiger partial charge in [0.05, 0.1) is 11.4 Å². The van der Waals surface area contributed by atoms with Gasteiger partial charge in [-0.25, -0.2) is 0 Å². The lowest BCUT2D eigenvalue weighted by Crippen LogP contribution is -2.25. The van der Waals surface area contributed by atoms with E-state index in [1.54, 1.807) is 18.2 Å². The Bertz CT molecular complexity index is 807. The van der Waals surface area contributed by atoms with Gasteiger partial charge in [0.1, 0.15) is 5.75 Å². The largest absolute Gasteiger partial charge is 0.482 e. The summed E-state index contributed by atoms with van der Waals surface area (Å²) in [6, 6.07) is 13.5. The minimum atomic E-state index is -0.203. The SMILES string of the molecule is CC(C)(C)c1ccc(SCC(=O)c2ccc3c(c2)NC(=O)CO3)cc1. The molecule has 0 saturated heterocycles. The predicted octanol–water partition coefficient (Wildman–Crippen LogP) is 4.29. The van der Waals surface area contributed by atoms with Gasteiger partial charge in [-0.05, 0) is 41.3 Å². The number of nitrogens with one attached hydrogen (secondary N) is 1. The highest BCUT2D eigenvalue weighted by molar-refractivity contribution is 8.00. The van der Waals surface area contributed by atoms with Crippen LogP contribution in [0.15, 0.2) is 47.4 Å². The number of ketones is 1. The Morgan fingerprint density at radius 2 is 1.88 bits per heavy atom. The molecule has 25 heavy (non-hydrogen) atoms. The topological polar surface area (TPSA) is 55.4 Å². The molecule has 0 unspecified atom stereocenters. The molecule has 0 saturated carbocycles. The van der Waals surface area contributed by atoms with Crippen LogP contribution in [-0.2, 0) is 10.2 Å². The quantitative estimate of drug-likeness (QED) is 0.657. The van der Waals surface area contributed by atoms with Gasteiger partial charge in [-0.3, -0.25) is 9.59 Å². The van der Waals surface area contributed by atoms with Gasteiger partial charge in [0, 0.05) is 10.5 Å². The van der Waals surface area contributed by atoms with Crippen LogP contribution in [-0.4, -0.2) is 24.1 Å². The molecule has 0 radical (unpaired) electrons. The molecule has 1 aliphatic rings. The summed E-state index contributed by atoms with van der Waals surface area (Å²) in [6.07, 6.45) is 0. The number of thioether (sulfide) groups is 1. The van der Waals surface area contributed by atoms with Crippen LogP contribution in [0.5, 0.6) is 5.75 Å². The monoisotopic (exact) mass is 355 g/mol. The normalized spacial score (nSPS) is 13.6. The lowest BCUT2D eigenvalue weighted by Gasteiger charge is -2.19. The van der Waals surface area contributed by atoms with Gasteiger partial charge in [-0.15, -0.1) is 11.8 Å². The molecule has 5 heteroatoms. The summed E-state index contributed by atoms with van der Waals surface area (Å²) in [4.78, 5) is 24.9. The fraction of sp³-hybridized carbons (Fsp3) is 0.300. The maximum Gasteiger partial charge on any atom is 0.262 e. The average Bonchev–Trinajstić information content (AvgIpc) is 2.58. The molecule has 1 aliphatic heterocycles. The Balaban J connectivity index is 1.65. The Labute approximate surface area is 152 Å². The minimum Gasteiger partial charge on any atom is -0.482 e. The van der Waals surface area contributed by atoms with Crippen LogP contribution in [0, 0.1) is 0 Å². The van der Waals surface area contributed by atoms with E-state index in [1.165, 1.54) is 17.3 Å². The number of anilines is 1. The number of Topliss-reactive ketones (excluding diaryl/α,β-unsaturated/α-hetero) is 1. The molecule has 0 atom stereocenters. The molecule has 1 amide bonds. The summed E-state index contributed by atoms with van der Waals surface area (Å²) < 4.78 is 5.31. The van der Waals surface area contributed by atoms with E-state index in [1.807, 2.05) is 0 Å². The van der Waals surface area contributed by atoms with Gasteiger partial charge in [-0.1, -0.05) is 32.9 Å². The molecular formula is C20H21NO3S. The van der Waals surface area contributed by atoms with Gasteiger partial charge >= 0.3 is 0 Å². The zero-order valence-electron chi connectivity index (χ0n) is 14.6. The first-order valence-electron chi connectivity index (χ1n) is 8.16. The predicted molar refractivity (Wildman–Crippen MR) is 101 cm³/mol. The summed E-state index contributed by atoms with van der Waals surface area (Å²) in [6.45, 7) is 6.55. The maximum atomic E-state index is 12.4. The van der Waals surface area contributed by atoms with Crippen molar-refractivity contribution in [2.45, 2.75) is 31.1 Å². The molecule has 4 nitrogen and oxygen atoms in total. The van der Waals surface area contributed by atoms with E-state index < -0.39 is 0 Å². The first-order chi connectivity index (χ1) is 11.8. The number of carbonyl (C=O) groups is 2. The Morgan fingerprint density at radius 3 is 2.56 bits per heavy atom. The first-order valence-corrected chi connectivity index (χ1v) is 9.15. The number of hydrogen-bond donors (Lipinski definition) is 1. The van der Waals surface area contributed by atoms with E-state index in [9.17, 15) is 9.59 Å². The molecule has 1 N–H and O–H groups in total. The highest BCUT2D eigenvalue weighted by Gasteiger charge is 2.18. The standard InChI is InChI=1S/C20H21NO3S/c1-20(2,3)14-5-7-15(8-6-14)25-12-17(22)13-4-9-18-16(10-13)21-19(23)11-24-18/h4-10H,11-12H2,1-3H3,(H,21,23).